The van der Waals surface area contributed by atoms with Gasteiger partial charge in [-0.1, -0.05) is 0 Å². The van der Waals surface area contributed by atoms with Crippen LogP contribution in [0.4, 0.5) is 17.6 Å². The molecule has 0 aromatic heterocycles. The molecule has 1 aliphatic heterocycles. The highest BCUT2D eigenvalue weighted by Crippen LogP contribution is 2.33. The number of amides is 1. The molecule has 0 N–H and O–H groups in total. The largest absolute Gasteiger partial charge is 0.471 e. The van der Waals surface area contributed by atoms with Crippen molar-refractivity contribution in [3.63, 3.8) is 0 Å². The summed E-state index contributed by atoms with van der Waals surface area (Å²) >= 11 is 0. The van der Waals surface area contributed by atoms with E-state index in [1.165, 1.54) is 12.0 Å². The van der Waals surface area contributed by atoms with Crippen molar-refractivity contribution in [2.75, 3.05) is 20.2 Å². The van der Waals surface area contributed by atoms with Crippen LogP contribution in [0.5, 0.6) is 0 Å². The maximum absolute atomic E-state index is 14.7. The van der Waals surface area contributed by atoms with Gasteiger partial charge >= 0.3 is 18.1 Å². The predicted molar refractivity (Wildman–Crippen MR) is 76.4 cm³/mol. The van der Waals surface area contributed by atoms with Gasteiger partial charge in [0.25, 0.3) is 0 Å². The number of rotatable bonds is 4. The van der Waals surface area contributed by atoms with E-state index in [4.69, 9.17) is 0 Å². The molecule has 138 valence electrons. The highest BCUT2D eigenvalue weighted by Gasteiger charge is 2.49. The van der Waals surface area contributed by atoms with Gasteiger partial charge < -0.3 is 4.74 Å². The van der Waals surface area contributed by atoms with Gasteiger partial charge in [-0.05, 0) is 38.5 Å². The Morgan fingerprint density at radius 3 is 2.12 bits per heavy atom. The number of hydrogen-bond acceptors (Lipinski definition) is 4. The SMILES string of the molecule is COC(=O)[C@H]1CC[C@H](N(C(=O)C(F)(F)F)C(F)N2CCCC2)CC1. The standard InChI is InChI=1S/C15H22F4N2O3/c1-24-12(22)10-4-6-11(7-5-10)21(13(23)15(17,18)19)14(16)20-8-2-3-9-20/h10-11,14H,2-9H2,1H3/t10-,11-,14?. The summed E-state index contributed by atoms with van der Waals surface area (Å²) < 4.78 is 58.1. The lowest BCUT2D eigenvalue weighted by Crippen LogP contribution is -2.57. The number of carbonyl (C=O) groups excluding carboxylic acids is 2. The number of ether oxygens (including phenoxy) is 1. The molecule has 0 spiro atoms. The molecule has 2 aliphatic rings. The minimum Gasteiger partial charge on any atom is -0.469 e. The van der Waals surface area contributed by atoms with Crippen LogP contribution >= 0.6 is 0 Å². The van der Waals surface area contributed by atoms with Crippen LogP contribution in [0.3, 0.4) is 0 Å². The van der Waals surface area contributed by atoms with Gasteiger partial charge in [0, 0.05) is 19.1 Å². The second kappa shape index (κ2) is 7.67. The first-order valence-electron chi connectivity index (χ1n) is 8.11. The highest BCUT2D eigenvalue weighted by molar-refractivity contribution is 5.82. The quantitative estimate of drug-likeness (QED) is 0.442. The molecule has 1 heterocycles. The fourth-order valence-corrected chi connectivity index (χ4v) is 3.47. The molecule has 0 bridgehead atoms. The summed E-state index contributed by atoms with van der Waals surface area (Å²) in [4.78, 5) is 24.9. The lowest BCUT2D eigenvalue weighted by atomic mass is 9.85. The van der Waals surface area contributed by atoms with Crippen molar-refractivity contribution in [2.24, 2.45) is 5.92 Å². The van der Waals surface area contributed by atoms with Crippen LogP contribution in [0.1, 0.15) is 38.5 Å². The maximum Gasteiger partial charge on any atom is 0.471 e. The van der Waals surface area contributed by atoms with E-state index >= 15 is 0 Å². The van der Waals surface area contributed by atoms with Crippen molar-refractivity contribution in [3.8, 4) is 0 Å². The van der Waals surface area contributed by atoms with E-state index in [1.807, 2.05) is 0 Å². The molecule has 1 saturated heterocycles. The van der Waals surface area contributed by atoms with Gasteiger partial charge in [-0.25, -0.2) is 4.39 Å². The second-order valence-corrected chi connectivity index (χ2v) is 6.29. The summed E-state index contributed by atoms with van der Waals surface area (Å²) in [6, 6.07) is -0.865. The molecule has 1 amide bonds. The molecule has 1 saturated carbocycles. The molecule has 24 heavy (non-hydrogen) atoms. The molecular formula is C15H22F4N2O3. The molecule has 2 rings (SSSR count). The van der Waals surface area contributed by atoms with E-state index in [9.17, 15) is 27.2 Å². The number of nitrogens with zero attached hydrogens (tertiary/aromatic N) is 2. The van der Waals surface area contributed by atoms with E-state index in [0.717, 1.165) is 0 Å². The van der Waals surface area contributed by atoms with E-state index in [0.29, 0.717) is 30.8 Å². The zero-order chi connectivity index (χ0) is 17.9. The predicted octanol–water partition coefficient (Wildman–Crippen LogP) is 2.46. The van der Waals surface area contributed by atoms with Crippen molar-refractivity contribution in [3.05, 3.63) is 0 Å². The molecule has 1 atom stereocenters. The Bertz CT molecular complexity index is 458. The number of carbonyl (C=O) groups is 2. The Morgan fingerprint density at radius 2 is 1.67 bits per heavy atom. The summed E-state index contributed by atoms with van der Waals surface area (Å²) in [5.41, 5.74) is 0. The summed E-state index contributed by atoms with van der Waals surface area (Å²) in [5.74, 6) is -2.97. The van der Waals surface area contributed by atoms with E-state index in [-0.39, 0.29) is 25.7 Å². The number of methoxy groups -OCH3 is 1. The van der Waals surface area contributed by atoms with E-state index in [2.05, 4.69) is 4.74 Å². The molecule has 0 aromatic rings. The van der Waals surface area contributed by atoms with Crippen molar-refractivity contribution >= 4 is 11.9 Å². The smallest absolute Gasteiger partial charge is 0.469 e. The summed E-state index contributed by atoms with van der Waals surface area (Å²) in [6.07, 6.45) is -4.94. The average molecular weight is 354 g/mol. The molecular weight excluding hydrogens is 332 g/mol. The maximum atomic E-state index is 14.7. The van der Waals surface area contributed by atoms with Crippen molar-refractivity contribution in [1.29, 1.82) is 0 Å². The van der Waals surface area contributed by atoms with Crippen LogP contribution in [0.2, 0.25) is 0 Å². The summed E-state index contributed by atoms with van der Waals surface area (Å²) in [5, 5.41) is 0. The van der Waals surface area contributed by atoms with Crippen molar-refractivity contribution in [2.45, 2.75) is 57.2 Å². The molecule has 1 unspecified atom stereocenters. The first-order chi connectivity index (χ1) is 11.3. The van der Waals surface area contributed by atoms with Crippen LogP contribution in [-0.2, 0) is 14.3 Å². The number of hydrogen-bond donors (Lipinski definition) is 0. The van der Waals surface area contributed by atoms with Gasteiger partial charge in [0.2, 0.25) is 6.42 Å². The minimum atomic E-state index is -5.12. The van der Waals surface area contributed by atoms with Crippen molar-refractivity contribution < 1.29 is 31.9 Å². The summed E-state index contributed by atoms with van der Waals surface area (Å²) in [6.45, 7) is 0.667. The lowest BCUT2D eigenvalue weighted by Gasteiger charge is -2.40. The topological polar surface area (TPSA) is 49.9 Å². The van der Waals surface area contributed by atoms with Crippen LogP contribution in [-0.4, -0.2) is 60.5 Å². The Labute approximate surface area is 137 Å². The zero-order valence-corrected chi connectivity index (χ0v) is 13.5. The lowest BCUT2D eigenvalue weighted by molar-refractivity contribution is -0.203. The average Bonchev–Trinajstić information content (AvgIpc) is 3.08. The van der Waals surface area contributed by atoms with Gasteiger partial charge in [0.05, 0.1) is 13.0 Å². The van der Waals surface area contributed by atoms with Crippen LogP contribution in [0.25, 0.3) is 0 Å². The van der Waals surface area contributed by atoms with E-state index in [1.54, 1.807) is 0 Å². The van der Waals surface area contributed by atoms with E-state index < -0.39 is 36.4 Å². The summed E-state index contributed by atoms with van der Waals surface area (Å²) in [7, 11) is 1.25. The van der Waals surface area contributed by atoms with Crippen molar-refractivity contribution in [1.82, 2.24) is 9.80 Å². The number of likely N-dealkylation sites (tertiary alicyclic amines) is 1. The van der Waals surface area contributed by atoms with Gasteiger partial charge in [-0.2, -0.15) is 13.2 Å². The number of esters is 1. The first-order valence-corrected chi connectivity index (χ1v) is 8.11. The molecule has 2 fully saturated rings. The van der Waals surface area contributed by atoms with Gasteiger partial charge in [-0.3, -0.25) is 19.4 Å². The molecule has 0 radical (unpaired) electrons. The van der Waals surface area contributed by atoms with Crippen LogP contribution < -0.4 is 0 Å². The van der Waals surface area contributed by atoms with Crippen LogP contribution in [0.15, 0.2) is 0 Å². The van der Waals surface area contributed by atoms with Crippen LogP contribution in [0, 0.1) is 5.92 Å². The fraction of sp³-hybridized carbons (Fsp3) is 0.867. The zero-order valence-electron chi connectivity index (χ0n) is 13.5. The van der Waals surface area contributed by atoms with Gasteiger partial charge in [0.15, 0.2) is 0 Å². The Balaban J connectivity index is 2.11. The van der Waals surface area contributed by atoms with Gasteiger partial charge in [0.1, 0.15) is 0 Å². The monoisotopic (exact) mass is 354 g/mol. The number of alkyl halides is 4. The van der Waals surface area contributed by atoms with Gasteiger partial charge in [-0.15, -0.1) is 0 Å². The third kappa shape index (κ3) is 4.17. The molecule has 9 heteroatoms. The number of halogens is 4. The molecule has 1 aliphatic carbocycles. The third-order valence-electron chi connectivity index (χ3n) is 4.77. The normalized spacial score (nSPS) is 26.9. The minimum absolute atomic E-state index is 0.149. The Hall–Kier alpha value is -1.38. The molecule has 5 nitrogen and oxygen atoms in total. The second-order valence-electron chi connectivity index (χ2n) is 6.29. The Morgan fingerprint density at radius 1 is 1.12 bits per heavy atom. The Kier molecular flexibility index (Phi) is 6.06. The third-order valence-corrected chi connectivity index (χ3v) is 4.77. The first kappa shape index (κ1) is 19.0. The highest BCUT2D eigenvalue weighted by atomic mass is 19.4. The fourth-order valence-electron chi connectivity index (χ4n) is 3.47. The molecule has 0 aromatic carbocycles.